The van der Waals surface area contributed by atoms with Gasteiger partial charge in [0.1, 0.15) is 0 Å². The molecular weight excluding hydrogens is 274 g/mol. The van der Waals surface area contributed by atoms with Crippen LogP contribution in [0.4, 0.5) is 0 Å². The predicted octanol–water partition coefficient (Wildman–Crippen LogP) is 2.97. The maximum atomic E-state index is 6.37. The molecule has 1 aromatic heterocycles. The van der Waals surface area contributed by atoms with Crippen molar-refractivity contribution >= 4 is 35.1 Å². The topological polar surface area (TPSA) is 43.8 Å². The standard InChI is InChI=1S/C11H18ClN3S2/c1-7(2)15-11(8(12)5-14-15)10(13)9-6-16-3-4-17-9/h5,7,9-10H,3-4,6,13H2,1-2H3. The smallest absolute Gasteiger partial charge is 0.0834 e. The summed E-state index contributed by atoms with van der Waals surface area (Å²) in [5.41, 5.74) is 7.36. The Kier molecular flexibility index (Phi) is 4.69. The molecule has 1 aliphatic rings. The third kappa shape index (κ3) is 2.95. The van der Waals surface area contributed by atoms with E-state index in [0.717, 1.165) is 11.4 Å². The van der Waals surface area contributed by atoms with Crippen molar-refractivity contribution < 1.29 is 0 Å². The molecule has 1 aliphatic heterocycles. The van der Waals surface area contributed by atoms with Gasteiger partial charge >= 0.3 is 0 Å². The zero-order chi connectivity index (χ0) is 12.4. The third-order valence-electron chi connectivity index (χ3n) is 2.83. The Balaban J connectivity index is 2.22. The van der Waals surface area contributed by atoms with Crippen LogP contribution in [0.1, 0.15) is 31.6 Å². The SMILES string of the molecule is CC(C)n1ncc(Cl)c1C(N)C1CSCCS1. The van der Waals surface area contributed by atoms with E-state index in [2.05, 4.69) is 18.9 Å². The van der Waals surface area contributed by atoms with Crippen molar-refractivity contribution in [2.24, 2.45) is 5.73 Å². The summed E-state index contributed by atoms with van der Waals surface area (Å²) in [6.45, 7) is 4.20. The van der Waals surface area contributed by atoms with E-state index < -0.39 is 0 Å². The lowest BCUT2D eigenvalue weighted by atomic mass is 10.1. The number of hydrogen-bond acceptors (Lipinski definition) is 4. The minimum absolute atomic E-state index is 0.0230. The molecule has 2 rings (SSSR count). The molecule has 0 aromatic carbocycles. The number of aromatic nitrogens is 2. The summed E-state index contributed by atoms with van der Waals surface area (Å²) in [5, 5.41) is 5.46. The van der Waals surface area contributed by atoms with Gasteiger partial charge in [-0.25, -0.2) is 0 Å². The molecular formula is C11H18ClN3S2. The largest absolute Gasteiger partial charge is 0.322 e. The summed E-state index contributed by atoms with van der Waals surface area (Å²) >= 11 is 10.2. The van der Waals surface area contributed by atoms with Gasteiger partial charge in [-0.3, -0.25) is 4.68 Å². The average Bonchev–Trinajstić information content (AvgIpc) is 2.71. The van der Waals surface area contributed by atoms with Gasteiger partial charge in [-0.1, -0.05) is 11.6 Å². The van der Waals surface area contributed by atoms with E-state index in [1.54, 1.807) is 6.20 Å². The normalized spacial score (nSPS) is 23.0. The van der Waals surface area contributed by atoms with Crippen LogP contribution in [0, 0.1) is 0 Å². The highest BCUT2D eigenvalue weighted by Crippen LogP contribution is 2.35. The van der Waals surface area contributed by atoms with Crippen molar-refractivity contribution in [3.8, 4) is 0 Å². The zero-order valence-electron chi connectivity index (χ0n) is 10.1. The van der Waals surface area contributed by atoms with Crippen LogP contribution in [0.3, 0.4) is 0 Å². The Morgan fingerprint density at radius 2 is 2.29 bits per heavy atom. The van der Waals surface area contributed by atoms with E-state index in [9.17, 15) is 0 Å². The fourth-order valence-electron chi connectivity index (χ4n) is 1.96. The molecule has 6 heteroatoms. The van der Waals surface area contributed by atoms with E-state index in [1.165, 1.54) is 11.5 Å². The van der Waals surface area contributed by atoms with Crippen molar-refractivity contribution in [2.45, 2.75) is 31.2 Å². The van der Waals surface area contributed by atoms with Crippen LogP contribution >= 0.6 is 35.1 Å². The van der Waals surface area contributed by atoms with Gasteiger partial charge in [0, 0.05) is 28.6 Å². The Labute approximate surface area is 116 Å². The number of rotatable bonds is 3. The quantitative estimate of drug-likeness (QED) is 0.930. The number of halogens is 1. The second-order valence-electron chi connectivity index (χ2n) is 4.43. The summed E-state index contributed by atoms with van der Waals surface area (Å²) in [4.78, 5) is 0. The molecule has 0 aliphatic carbocycles. The Morgan fingerprint density at radius 3 is 2.88 bits per heavy atom. The molecule has 3 nitrogen and oxygen atoms in total. The van der Waals surface area contributed by atoms with Crippen molar-refractivity contribution in [3.05, 3.63) is 16.9 Å². The maximum Gasteiger partial charge on any atom is 0.0834 e. The lowest BCUT2D eigenvalue weighted by Gasteiger charge is -2.28. The van der Waals surface area contributed by atoms with Crippen molar-refractivity contribution in [2.75, 3.05) is 17.3 Å². The van der Waals surface area contributed by atoms with E-state index in [0.29, 0.717) is 16.3 Å². The molecule has 2 unspecified atom stereocenters. The fourth-order valence-corrected chi connectivity index (χ4v) is 4.99. The van der Waals surface area contributed by atoms with Gasteiger partial charge in [0.2, 0.25) is 0 Å². The van der Waals surface area contributed by atoms with E-state index in [-0.39, 0.29) is 6.04 Å². The lowest BCUT2D eigenvalue weighted by Crippen LogP contribution is -2.31. The van der Waals surface area contributed by atoms with Crippen LogP contribution in [0.25, 0.3) is 0 Å². The fraction of sp³-hybridized carbons (Fsp3) is 0.727. The Bertz CT molecular complexity index is 375. The van der Waals surface area contributed by atoms with Crippen LogP contribution in [0.15, 0.2) is 6.20 Å². The first kappa shape index (κ1) is 13.6. The molecule has 0 saturated carbocycles. The average molecular weight is 292 g/mol. The molecule has 0 bridgehead atoms. The molecule has 0 radical (unpaired) electrons. The van der Waals surface area contributed by atoms with Crippen LogP contribution in [-0.4, -0.2) is 32.3 Å². The molecule has 17 heavy (non-hydrogen) atoms. The maximum absolute atomic E-state index is 6.37. The highest BCUT2D eigenvalue weighted by molar-refractivity contribution is 8.06. The second kappa shape index (κ2) is 5.87. The molecule has 1 fully saturated rings. The molecule has 2 atom stereocenters. The highest BCUT2D eigenvalue weighted by Gasteiger charge is 2.28. The van der Waals surface area contributed by atoms with Crippen molar-refractivity contribution in [1.29, 1.82) is 0 Å². The molecule has 1 saturated heterocycles. The van der Waals surface area contributed by atoms with Gasteiger partial charge in [-0.05, 0) is 13.8 Å². The van der Waals surface area contributed by atoms with Crippen molar-refractivity contribution in [3.63, 3.8) is 0 Å². The monoisotopic (exact) mass is 291 g/mol. The molecule has 2 heterocycles. The number of nitrogens with zero attached hydrogens (tertiary/aromatic N) is 2. The van der Waals surface area contributed by atoms with Crippen molar-refractivity contribution in [1.82, 2.24) is 9.78 Å². The highest BCUT2D eigenvalue weighted by atomic mass is 35.5. The summed E-state index contributed by atoms with van der Waals surface area (Å²) in [6.07, 6.45) is 1.71. The van der Waals surface area contributed by atoms with E-state index in [4.69, 9.17) is 17.3 Å². The van der Waals surface area contributed by atoms with E-state index in [1.807, 2.05) is 28.2 Å². The molecule has 0 spiro atoms. The van der Waals surface area contributed by atoms with Crippen LogP contribution in [0.2, 0.25) is 5.02 Å². The van der Waals surface area contributed by atoms with Crippen LogP contribution in [0.5, 0.6) is 0 Å². The van der Waals surface area contributed by atoms with Gasteiger partial charge in [-0.2, -0.15) is 28.6 Å². The van der Waals surface area contributed by atoms with Gasteiger partial charge in [0.05, 0.1) is 23.0 Å². The number of hydrogen-bond donors (Lipinski definition) is 1. The van der Waals surface area contributed by atoms with Gasteiger partial charge in [0.15, 0.2) is 0 Å². The van der Waals surface area contributed by atoms with Gasteiger partial charge in [-0.15, -0.1) is 0 Å². The molecule has 0 amide bonds. The van der Waals surface area contributed by atoms with Crippen LogP contribution in [-0.2, 0) is 0 Å². The summed E-state index contributed by atoms with van der Waals surface area (Å²) in [7, 11) is 0. The first-order valence-electron chi connectivity index (χ1n) is 5.79. The molecule has 2 N–H and O–H groups in total. The number of thioether (sulfide) groups is 2. The minimum atomic E-state index is -0.0230. The molecule has 96 valence electrons. The minimum Gasteiger partial charge on any atom is -0.322 e. The summed E-state index contributed by atoms with van der Waals surface area (Å²) in [5.74, 6) is 3.51. The van der Waals surface area contributed by atoms with Gasteiger partial charge in [0.25, 0.3) is 0 Å². The number of nitrogens with two attached hydrogens (primary N) is 1. The predicted molar refractivity (Wildman–Crippen MR) is 78.1 cm³/mol. The summed E-state index contributed by atoms with van der Waals surface area (Å²) in [6, 6.07) is 0.273. The van der Waals surface area contributed by atoms with Crippen LogP contribution < -0.4 is 5.73 Å². The zero-order valence-corrected chi connectivity index (χ0v) is 12.5. The summed E-state index contributed by atoms with van der Waals surface area (Å²) < 4.78 is 1.95. The Hall–Kier alpha value is 0.160. The third-order valence-corrected chi connectivity index (χ3v) is 6.01. The van der Waals surface area contributed by atoms with E-state index >= 15 is 0 Å². The molecule has 1 aromatic rings. The second-order valence-corrected chi connectivity index (χ2v) is 7.33. The first-order chi connectivity index (χ1) is 8.11. The first-order valence-corrected chi connectivity index (χ1v) is 8.37. The van der Waals surface area contributed by atoms with Gasteiger partial charge < -0.3 is 5.73 Å². The lowest BCUT2D eigenvalue weighted by molar-refractivity contribution is 0.485. The Morgan fingerprint density at radius 1 is 1.53 bits per heavy atom.